The Morgan fingerprint density at radius 1 is 1.21 bits per heavy atom. The first kappa shape index (κ1) is 19.7. The van der Waals surface area contributed by atoms with Gasteiger partial charge in [0.2, 0.25) is 0 Å². The molecule has 0 spiro atoms. The van der Waals surface area contributed by atoms with Gasteiger partial charge in [-0.2, -0.15) is 0 Å². The maximum absolute atomic E-state index is 12.6. The second kappa shape index (κ2) is 9.79. The van der Waals surface area contributed by atoms with Crippen LogP contribution in [0.25, 0.3) is 10.8 Å². The normalized spacial score (nSPS) is 15.8. The van der Waals surface area contributed by atoms with E-state index in [1.807, 2.05) is 48.3 Å². The van der Waals surface area contributed by atoms with Crippen LogP contribution in [-0.4, -0.2) is 30.1 Å². The molecule has 1 aliphatic heterocycles. The lowest BCUT2D eigenvalue weighted by molar-refractivity contribution is 0.0656. The van der Waals surface area contributed by atoms with Crippen molar-refractivity contribution in [3.8, 4) is 0 Å². The Morgan fingerprint density at radius 2 is 1.96 bits per heavy atom. The number of nitrogens with zero attached hydrogens (tertiary/aromatic N) is 1. The van der Waals surface area contributed by atoms with Crippen molar-refractivity contribution in [2.75, 3.05) is 13.1 Å². The molecule has 0 saturated carbocycles. The zero-order valence-corrected chi connectivity index (χ0v) is 16.4. The zero-order chi connectivity index (χ0) is 19.8. The van der Waals surface area contributed by atoms with Gasteiger partial charge in [-0.05, 0) is 35.4 Å². The van der Waals surface area contributed by atoms with Crippen molar-refractivity contribution in [2.24, 2.45) is 0 Å². The van der Waals surface area contributed by atoms with Crippen molar-refractivity contribution in [1.82, 2.24) is 10.2 Å². The molecule has 3 rings (SSSR count). The number of benzene rings is 2. The molecule has 146 valence electrons. The number of hydrogen-bond acceptors (Lipinski definition) is 2. The summed E-state index contributed by atoms with van der Waals surface area (Å²) in [5.41, 5.74) is 1.13. The van der Waals surface area contributed by atoms with Gasteiger partial charge in [-0.3, -0.25) is 0 Å². The zero-order valence-electron chi connectivity index (χ0n) is 16.4. The summed E-state index contributed by atoms with van der Waals surface area (Å²) in [5, 5.41) is 5.44. The lowest BCUT2D eigenvalue weighted by Crippen LogP contribution is -2.45. The molecule has 2 aromatic rings. The average Bonchev–Trinajstić information content (AvgIpc) is 2.73. The summed E-state index contributed by atoms with van der Waals surface area (Å²) in [5.74, 6) is 0.816. The van der Waals surface area contributed by atoms with E-state index in [4.69, 9.17) is 4.74 Å². The van der Waals surface area contributed by atoms with Gasteiger partial charge in [0.1, 0.15) is 11.9 Å². The molecule has 1 saturated heterocycles. The Labute approximate surface area is 167 Å². The topological polar surface area (TPSA) is 41.6 Å². The van der Waals surface area contributed by atoms with Crippen molar-refractivity contribution in [2.45, 2.75) is 32.4 Å². The standard InChI is InChI=1S/C24H28N2O2/c1-3-8-21(9-4-2)28-22-14-16-26(17-15-22)24(27)25-18-20-12-7-11-19-10-5-6-13-23(19)20/h3-13,22H,1,14-18H2,2H3,(H,25,27)/b9-4-,21-8+. The van der Waals surface area contributed by atoms with E-state index in [1.165, 1.54) is 10.8 Å². The van der Waals surface area contributed by atoms with Gasteiger partial charge in [0.25, 0.3) is 0 Å². The largest absolute Gasteiger partial charge is 0.490 e. The molecule has 1 fully saturated rings. The van der Waals surface area contributed by atoms with E-state index in [-0.39, 0.29) is 12.1 Å². The number of rotatable bonds is 6. The van der Waals surface area contributed by atoms with E-state index in [9.17, 15) is 4.79 Å². The minimum Gasteiger partial charge on any atom is -0.490 e. The van der Waals surface area contributed by atoms with E-state index in [0.717, 1.165) is 24.2 Å². The first-order chi connectivity index (χ1) is 13.7. The van der Waals surface area contributed by atoms with E-state index in [0.29, 0.717) is 19.6 Å². The number of allylic oxidation sites excluding steroid dienone is 4. The number of likely N-dealkylation sites (tertiary alicyclic amines) is 1. The van der Waals surface area contributed by atoms with Crippen molar-refractivity contribution < 1.29 is 9.53 Å². The lowest BCUT2D eigenvalue weighted by Gasteiger charge is -2.32. The second-order valence-electron chi connectivity index (χ2n) is 6.91. The first-order valence-electron chi connectivity index (χ1n) is 9.82. The van der Waals surface area contributed by atoms with Crippen molar-refractivity contribution >= 4 is 16.8 Å². The molecule has 28 heavy (non-hydrogen) atoms. The van der Waals surface area contributed by atoms with Crippen LogP contribution < -0.4 is 5.32 Å². The molecule has 0 radical (unpaired) electrons. The van der Waals surface area contributed by atoms with Gasteiger partial charge >= 0.3 is 6.03 Å². The molecule has 1 N–H and O–H groups in total. The van der Waals surface area contributed by atoms with E-state index < -0.39 is 0 Å². The monoisotopic (exact) mass is 376 g/mol. The number of carbonyl (C=O) groups excluding carboxylic acids is 1. The Morgan fingerprint density at radius 3 is 2.71 bits per heavy atom. The third kappa shape index (κ3) is 5.03. The molecule has 4 heteroatoms. The summed E-state index contributed by atoms with van der Waals surface area (Å²) in [6.07, 6.45) is 9.26. The number of hydrogen-bond donors (Lipinski definition) is 1. The van der Waals surface area contributed by atoms with Gasteiger partial charge in [0, 0.05) is 32.5 Å². The van der Waals surface area contributed by atoms with Crippen LogP contribution in [0.2, 0.25) is 0 Å². The fourth-order valence-electron chi connectivity index (χ4n) is 3.51. The average molecular weight is 377 g/mol. The predicted molar refractivity (Wildman–Crippen MR) is 115 cm³/mol. The Hall–Kier alpha value is -3.01. The van der Waals surface area contributed by atoms with Crippen LogP contribution >= 0.6 is 0 Å². The molecule has 4 nitrogen and oxygen atoms in total. The smallest absolute Gasteiger partial charge is 0.317 e. The molecule has 2 amide bonds. The van der Waals surface area contributed by atoms with E-state index >= 15 is 0 Å². The van der Waals surface area contributed by atoms with Crippen LogP contribution in [0.1, 0.15) is 25.3 Å². The molecule has 1 heterocycles. The summed E-state index contributed by atoms with van der Waals surface area (Å²) in [6, 6.07) is 14.4. The Balaban J connectivity index is 1.51. The third-order valence-electron chi connectivity index (χ3n) is 4.95. The Bertz CT molecular complexity index is 872. The van der Waals surface area contributed by atoms with Crippen molar-refractivity contribution in [1.29, 1.82) is 0 Å². The highest BCUT2D eigenvalue weighted by molar-refractivity contribution is 5.86. The molecule has 0 unspecified atom stereocenters. The third-order valence-corrected chi connectivity index (χ3v) is 4.95. The van der Waals surface area contributed by atoms with Crippen LogP contribution in [0, 0.1) is 0 Å². The predicted octanol–water partition coefficient (Wildman–Crippen LogP) is 5.18. The highest BCUT2D eigenvalue weighted by Gasteiger charge is 2.24. The molecule has 0 bridgehead atoms. The Kier molecular flexibility index (Phi) is 6.90. The minimum absolute atomic E-state index is 0.0123. The summed E-state index contributed by atoms with van der Waals surface area (Å²) in [4.78, 5) is 14.5. The highest BCUT2D eigenvalue weighted by atomic mass is 16.5. The minimum atomic E-state index is -0.0123. The molecule has 0 aromatic heterocycles. The molecule has 0 aliphatic carbocycles. The van der Waals surface area contributed by atoms with Crippen LogP contribution in [0.5, 0.6) is 0 Å². The lowest BCUT2D eigenvalue weighted by atomic mass is 10.0. The van der Waals surface area contributed by atoms with E-state index in [1.54, 1.807) is 6.08 Å². The summed E-state index contributed by atoms with van der Waals surface area (Å²) in [6.45, 7) is 7.61. The number of carbonyl (C=O) groups is 1. The highest BCUT2D eigenvalue weighted by Crippen LogP contribution is 2.20. The van der Waals surface area contributed by atoms with Crippen molar-refractivity contribution in [3.05, 3.63) is 84.7 Å². The molecular formula is C24H28N2O2. The summed E-state index contributed by atoms with van der Waals surface area (Å²) in [7, 11) is 0. The summed E-state index contributed by atoms with van der Waals surface area (Å²) >= 11 is 0. The number of piperidine rings is 1. The van der Waals surface area contributed by atoms with Crippen LogP contribution in [0.15, 0.2) is 79.1 Å². The van der Waals surface area contributed by atoms with Crippen molar-refractivity contribution in [3.63, 3.8) is 0 Å². The number of fused-ring (bicyclic) bond motifs is 1. The first-order valence-corrected chi connectivity index (χ1v) is 9.82. The fourth-order valence-corrected chi connectivity index (χ4v) is 3.51. The van der Waals surface area contributed by atoms with Gasteiger partial charge in [-0.1, -0.05) is 61.2 Å². The number of ether oxygens (including phenoxy) is 1. The molecule has 0 atom stereocenters. The van der Waals surface area contributed by atoms with Crippen LogP contribution in [0.4, 0.5) is 4.79 Å². The molecular weight excluding hydrogens is 348 g/mol. The van der Waals surface area contributed by atoms with Gasteiger partial charge in [-0.15, -0.1) is 0 Å². The molecule has 2 aromatic carbocycles. The number of urea groups is 1. The van der Waals surface area contributed by atoms with Gasteiger partial charge < -0.3 is 15.0 Å². The summed E-state index contributed by atoms with van der Waals surface area (Å²) < 4.78 is 6.02. The quantitative estimate of drug-likeness (QED) is 0.558. The van der Waals surface area contributed by atoms with Crippen LogP contribution in [0.3, 0.4) is 0 Å². The SMILES string of the molecule is C=C/C=C(\C=C/C)OC1CCN(C(=O)NCc2cccc3ccccc23)CC1. The second-order valence-corrected chi connectivity index (χ2v) is 6.91. The van der Waals surface area contributed by atoms with Gasteiger partial charge in [0.05, 0.1) is 0 Å². The van der Waals surface area contributed by atoms with Crippen LogP contribution in [-0.2, 0) is 11.3 Å². The fraction of sp³-hybridized carbons (Fsp3) is 0.292. The molecule has 1 aliphatic rings. The maximum Gasteiger partial charge on any atom is 0.317 e. The van der Waals surface area contributed by atoms with Gasteiger partial charge in [0.15, 0.2) is 0 Å². The number of nitrogens with one attached hydrogen (secondary N) is 1. The number of amides is 2. The van der Waals surface area contributed by atoms with E-state index in [2.05, 4.69) is 36.2 Å². The maximum atomic E-state index is 12.6. The van der Waals surface area contributed by atoms with Gasteiger partial charge in [-0.25, -0.2) is 4.79 Å².